The Morgan fingerprint density at radius 3 is 2.36 bits per heavy atom. The number of fused-ring (bicyclic) bond motifs is 1. The van der Waals surface area contributed by atoms with E-state index < -0.39 is 18.1 Å². The molecule has 0 unspecified atom stereocenters. The average Bonchev–Trinajstić information content (AvgIpc) is 3.47. The van der Waals surface area contributed by atoms with Gasteiger partial charge in [-0.25, -0.2) is 4.98 Å². The van der Waals surface area contributed by atoms with Gasteiger partial charge in [-0.15, -0.1) is 0 Å². The second-order valence-corrected chi connectivity index (χ2v) is 7.27. The topological polar surface area (TPSA) is 93.5 Å². The van der Waals surface area contributed by atoms with E-state index in [1.807, 2.05) is 28.0 Å². The fourth-order valence-electron chi connectivity index (χ4n) is 3.42. The summed E-state index contributed by atoms with van der Waals surface area (Å²) in [5, 5.41) is 8.65. The lowest BCUT2D eigenvalue weighted by atomic mass is 10.0. The summed E-state index contributed by atoms with van der Waals surface area (Å²) in [6.07, 6.45) is 2.38. The molecular weight excluding hydrogens is 439 g/mol. The van der Waals surface area contributed by atoms with Gasteiger partial charge in [-0.3, -0.25) is 14.3 Å². The minimum Gasteiger partial charge on any atom is -0.496 e. The van der Waals surface area contributed by atoms with Crippen LogP contribution in [-0.4, -0.2) is 51.9 Å². The highest BCUT2D eigenvalue weighted by Gasteiger charge is 2.38. The molecular formula is C22H20F3N5O3. The van der Waals surface area contributed by atoms with Crippen molar-refractivity contribution in [1.82, 2.24) is 24.9 Å². The van der Waals surface area contributed by atoms with Gasteiger partial charge >= 0.3 is 6.18 Å². The van der Waals surface area contributed by atoms with E-state index in [0.717, 1.165) is 18.1 Å². The second kappa shape index (κ2) is 8.49. The number of alkyl halides is 3. The van der Waals surface area contributed by atoms with E-state index in [2.05, 4.69) is 15.2 Å². The smallest absolute Gasteiger partial charge is 0.408 e. The van der Waals surface area contributed by atoms with Crippen molar-refractivity contribution >= 4 is 11.6 Å². The highest BCUT2D eigenvalue weighted by atomic mass is 19.4. The molecule has 0 aliphatic carbocycles. The number of aromatic amines is 1. The maximum absolute atomic E-state index is 12.9. The van der Waals surface area contributed by atoms with Gasteiger partial charge < -0.3 is 14.8 Å². The van der Waals surface area contributed by atoms with Gasteiger partial charge in [0, 0.05) is 23.5 Å². The second-order valence-electron chi connectivity index (χ2n) is 7.27. The highest BCUT2D eigenvalue weighted by molar-refractivity contribution is 6.01. The Balaban J connectivity index is 1.75. The van der Waals surface area contributed by atoms with Crippen molar-refractivity contribution in [3.05, 3.63) is 54.6 Å². The van der Waals surface area contributed by atoms with Crippen LogP contribution in [0.3, 0.4) is 0 Å². The molecule has 172 valence electrons. The van der Waals surface area contributed by atoms with Crippen molar-refractivity contribution < 1.29 is 27.4 Å². The zero-order valence-corrected chi connectivity index (χ0v) is 17.9. The molecule has 0 spiro atoms. The molecule has 1 amide bonds. The molecule has 33 heavy (non-hydrogen) atoms. The molecule has 0 fully saturated rings. The number of nitrogens with zero attached hydrogens (tertiary/aromatic N) is 3. The fraction of sp³-hybridized carbons (Fsp3) is 0.227. The van der Waals surface area contributed by atoms with Crippen molar-refractivity contribution in [1.29, 1.82) is 0 Å². The third-order valence-corrected chi connectivity index (χ3v) is 5.21. The molecule has 0 aliphatic rings. The van der Waals surface area contributed by atoms with E-state index in [1.54, 1.807) is 30.7 Å². The summed E-state index contributed by atoms with van der Waals surface area (Å²) in [5.41, 5.74) is 3.66. The zero-order chi connectivity index (χ0) is 23.8. The predicted octanol–water partition coefficient (Wildman–Crippen LogP) is 4.09. The first-order valence-electron chi connectivity index (χ1n) is 9.83. The Morgan fingerprint density at radius 2 is 1.79 bits per heavy atom. The van der Waals surface area contributed by atoms with Gasteiger partial charge in [-0.2, -0.15) is 18.3 Å². The number of ether oxygens (including phenoxy) is 2. The SMILES string of the molecule is COc1cc(-c2cnc3cc(-c4cn[nH]c4)ccn23)cc(OC)c1C(=O)N[C@H](C)C(F)(F)F. The molecule has 0 saturated carbocycles. The molecule has 3 heterocycles. The summed E-state index contributed by atoms with van der Waals surface area (Å²) in [7, 11) is 2.66. The van der Waals surface area contributed by atoms with Gasteiger partial charge in [-0.05, 0) is 36.8 Å². The molecule has 0 aliphatic heterocycles. The molecule has 11 heteroatoms. The van der Waals surface area contributed by atoms with Crippen molar-refractivity contribution in [2.45, 2.75) is 19.1 Å². The van der Waals surface area contributed by atoms with Crippen LogP contribution in [0.5, 0.6) is 11.5 Å². The van der Waals surface area contributed by atoms with Crippen LogP contribution in [-0.2, 0) is 0 Å². The van der Waals surface area contributed by atoms with Gasteiger partial charge in [-0.1, -0.05) is 0 Å². The van der Waals surface area contributed by atoms with Gasteiger partial charge in [0.1, 0.15) is 28.8 Å². The number of amides is 1. The van der Waals surface area contributed by atoms with Crippen LogP contribution in [0.2, 0.25) is 0 Å². The van der Waals surface area contributed by atoms with Crippen LogP contribution >= 0.6 is 0 Å². The number of halogens is 3. The van der Waals surface area contributed by atoms with Gasteiger partial charge in [0.05, 0.1) is 32.3 Å². The van der Waals surface area contributed by atoms with E-state index >= 15 is 0 Å². The monoisotopic (exact) mass is 459 g/mol. The quantitative estimate of drug-likeness (QED) is 0.453. The number of H-pyrrole nitrogens is 1. The number of nitrogens with one attached hydrogen (secondary N) is 2. The largest absolute Gasteiger partial charge is 0.496 e. The van der Waals surface area contributed by atoms with E-state index in [-0.39, 0.29) is 17.1 Å². The van der Waals surface area contributed by atoms with Crippen LogP contribution < -0.4 is 14.8 Å². The van der Waals surface area contributed by atoms with Gasteiger partial charge in [0.15, 0.2) is 0 Å². The van der Waals surface area contributed by atoms with E-state index in [1.165, 1.54) is 14.2 Å². The Morgan fingerprint density at radius 1 is 1.09 bits per heavy atom. The van der Waals surface area contributed by atoms with E-state index in [4.69, 9.17) is 9.47 Å². The number of rotatable bonds is 6. The maximum atomic E-state index is 12.9. The lowest BCUT2D eigenvalue weighted by Gasteiger charge is -2.20. The number of imidazole rings is 1. The highest BCUT2D eigenvalue weighted by Crippen LogP contribution is 2.36. The molecule has 4 aromatic rings. The normalized spacial score (nSPS) is 12.5. The summed E-state index contributed by atoms with van der Waals surface area (Å²) in [4.78, 5) is 17.1. The van der Waals surface area contributed by atoms with Gasteiger partial charge in [0.25, 0.3) is 5.91 Å². The summed E-state index contributed by atoms with van der Waals surface area (Å²) < 4.78 is 51.2. The summed E-state index contributed by atoms with van der Waals surface area (Å²) in [6, 6.07) is 4.87. The van der Waals surface area contributed by atoms with E-state index in [9.17, 15) is 18.0 Å². The van der Waals surface area contributed by atoms with Crippen molar-refractivity contribution in [2.75, 3.05) is 14.2 Å². The molecule has 1 atom stereocenters. The maximum Gasteiger partial charge on any atom is 0.408 e. The number of methoxy groups -OCH3 is 2. The van der Waals surface area contributed by atoms with Crippen LogP contribution in [0.4, 0.5) is 13.2 Å². The molecule has 2 N–H and O–H groups in total. The molecule has 8 nitrogen and oxygen atoms in total. The Kier molecular flexibility index (Phi) is 5.71. The van der Waals surface area contributed by atoms with Crippen LogP contribution in [0, 0.1) is 0 Å². The Bertz CT molecular complexity index is 1270. The first-order chi connectivity index (χ1) is 15.7. The standard InChI is InChI=1S/C22H20F3N5O3/c1-12(22(23,24)25)29-21(31)20-17(32-2)6-14(7-18(20)33-3)16-11-26-19-8-13(4-5-30(16)19)15-9-27-28-10-15/h4-12H,1-3H3,(H,27,28)(H,29,31)/t12-/m1/s1. The number of carbonyl (C=O) groups excluding carboxylic acids is 1. The van der Waals surface area contributed by atoms with Crippen LogP contribution in [0.15, 0.2) is 49.1 Å². The number of hydrogen-bond acceptors (Lipinski definition) is 5. The number of benzene rings is 1. The lowest BCUT2D eigenvalue weighted by Crippen LogP contribution is -2.43. The Hall–Kier alpha value is -4.02. The minimum atomic E-state index is -4.58. The number of hydrogen-bond donors (Lipinski definition) is 2. The molecule has 0 bridgehead atoms. The van der Waals surface area contributed by atoms with Crippen molar-refractivity contribution in [2.24, 2.45) is 0 Å². The first kappa shape index (κ1) is 22.2. The number of pyridine rings is 1. The molecule has 0 saturated heterocycles. The van der Waals surface area contributed by atoms with Crippen LogP contribution in [0.25, 0.3) is 28.0 Å². The van der Waals surface area contributed by atoms with E-state index in [0.29, 0.717) is 16.9 Å². The average molecular weight is 459 g/mol. The molecule has 1 aromatic carbocycles. The molecule has 3 aromatic heterocycles. The van der Waals surface area contributed by atoms with Crippen LogP contribution in [0.1, 0.15) is 17.3 Å². The molecule has 4 rings (SSSR count). The fourth-order valence-corrected chi connectivity index (χ4v) is 3.42. The Labute approximate surface area is 186 Å². The lowest BCUT2D eigenvalue weighted by molar-refractivity contribution is -0.149. The molecule has 0 radical (unpaired) electrons. The minimum absolute atomic E-state index is 0.0705. The van der Waals surface area contributed by atoms with Gasteiger partial charge in [0.2, 0.25) is 0 Å². The third-order valence-electron chi connectivity index (χ3n) is 5.21. The summed E-state index contributed by atoms with van der Waals surface area (Å²) in [5.74, 6) is -0.814. The summed E-state index contributed by atoms with van der Waals surface area (Å²) in [6.45, 7) is 0.863. The zero-order valence-electron chi connectivity index (χ0n) is 17.9. The van der Waals surface area contributed by atoms with Crippen molar-refractivity contribution in [3.8, 4) is 33.9 Å². The number of aromatic nitrogens is 4. The predicted molar refractivity (Wildman–Crippen MR) is 114 cm³/mol. The van der Waals surface area contributed by atoms with Crippen molar-refractivity contribution in [3.63, 3.8) is 0 Å². The number of carbonyl (C=O) groups is 1. The third kappa shape index (κ3) is 4.21. The summed E-state index contributed by atoms with van der Waals surface area (Å²) >= 11 is 0. The first-order valence-corrected chi connectivity index (χ1v) is 9.83.